The quantitative estimate of drug-likeness (QED) is 0.491. The molecule has 0 unspecified atom stereocenters. The number of rotatable bonds is 8. The van der Waals surface area contributed by atoms with Crippen molar-refractivity contribution in [3.63, 3.8) is 0 Å². The fourth-order valence-corrected chi connectivity index (χ4v) is 5.24. The van der Waals surface area contributed by atoms with E-state index >= 15 is 0 Å². The van der Waals surface area contributed by atoms with Gasteiger partial charge in [0.15, 0.2) is 0 Å². The molecule has 1 aromatic heterocycles. The average Bonchev–Trinajstić information content (AvgIpc) is 3.02. The number of amides is 1. The Hall–Kier alpha value is -1.34. The molecule has 0 aromatic carbocycles. The number of carbonyl (C=O) groups excluding carboxylic acids is 1. The van der Waals surface area contributed by atoms with Crippen LogP contribution in [0.2, 0.25) is 0 Å². The molecule has 7 heteroatoms. The zero-order chi connectivity index (χ0) is 19.9. The molecule has 28 heavy (non-hydrogen) atoms. The van der Waals surface area contributed by atoms with Crippen molar-refractivity contribution in [3.8, 4) is 0 Å². The molecule has 1 aliphatic carbocycles. The van der Waals surface area contributed by atoms with Crippen LogP contribution in [0.5, 0.6) is 0 Å². The number of nitrogens with zero attached hydrogens (tertiary/aromatic N) is 4. The van der Waals surface area contributed by atoms with Gasteiger partial charge in [-0.25, -0.2) is 4.79 Å². The summed E-state index contributed by atoms with van der Waals surface area (Å²) in [7, 11) is 0. The highest BCUT2D eigenvalue weighted by Crippen LogP contribution is 2.29. The summed E-state index contributed by atoms with van der Waals surface area (Å²) in [6.45, 7) is 9.61. The molecule has 1 fully saturated rings. The minimum Gasteiger partial charge on any atom is -0.342 e. The molecule has 0 atom stereocenters. The molecule has 2 heterocycles. The predicted octanol–water partition coefficient (Wildman–Crippen LogP) is 2.57. The van der Waals surface area contributed by atoms with Gasteiger partial charge < -0.3 is 9.80 Å². The van der Waals surface area contributed by atoms with Gasteiger partial charge in [0.25, 0.3) is 0 Å². The van der Waals surface area contributed by atoms with Gasteiger partial charge in [0.1, 0.15) is 5.03 Å². The standard InChI is InChI=1S/C21H34N4O2S/c1-3-23(4-2)14-15-25-18-11-9-10-17(18)20(22-21(25)27)28-16-19(26)24-12-7-5-6-8-13-24/h3-16H2,1-2H3. The Bertz CT molecular complexity index is 722. The minimum atomic E-state index is -0.155. The van der Waals surface area contributed by atoms with Gasteiger partial charge in [-0.3, -0.25) is 9.36 Å². The van der Waals surface area contributed by atoms with Crippen LogP contribution in [-0.4, -0.2) is 63.7 Å². The Kier molecular flexibility index (Phi) is 7.97. The van der Waals surface area contributed by atoms with Crippen molar-refractivity contribution in [2.75, 3.05) is 38.5 Å². The van der Waals surface area contributed by atoms with E-state index in [9.17, 15) is 9.59 Å². The molecule has 156 valence electrons. The molecule has 0 saturated carbocycles. The number of fused-ring (bicyclic) bond motifs is 1. The minimum absolute atomic E-state index is 0.155. The van der Waals surface area contributed by atoms with Crippen LogP contribution in [0.4, 0.5) is 0 Å². The third kappa shape index (κ3) is 5.17. The van der Waals surface area contributed by atoms with Gasteiger partial charge in [-0.15, -0.1) is 0 Å². The Morgan fingerprint density at radius 3 is 2.46 bits per heavy atom. The maximum absolute atomic E-state index is 12.7. The third-order valence-corrected chi connectivity index (χ3v) is 7.03. The lowest BCUT2D eigenvalue weighted by molar-refractivity contribution is -0.128. The number of hydrogen-bond donors (Lipinski definition) is 0. The second-order valence-corrected chi connectivity index (χ2v) is 8.70. The van der Waals surface area contributed by atoms with Crippen LogP contribution in [0.15, 0.2) is 9.82 Å². The normalized spacial score (nSPS) is 17.0. The van der Waals surface area contributed by atoms with Gasteiger partial charge in [-0.2, -0.15) is 4.98 Å². The monoisotopic (exact) mass is 406 g/mol. The van der Waals surface area contributed by atoms with Crippen LogP contribution in [0.1, 0.15) is 57.2 Å². The first kappa shape index (κ1) is 21.4. The van der Waals surface area contributed by atoms with E-state index in [0.29, 0.717) is 12.3 Å². The van der Waals surface area contributed by atoms with Crippen molar-refractivity contribution in [3.05, 3.63) is 21.7 Å². The summed E-state index contributed by atoms with van der Waals surface area (Å²) in [5.74, 6) is 0.577. The van der Waals surface area contributed by atoms with Crippen molar-refractivity contribution >= 4 is 17.7 Å². The van der Waals surface area contributed by atoms with Crippen molar-refractivity contribution in [1.29, 1.82) is 0 Å². The molecule has 0 spiro atoms. The van der Waals surface area contributed by atoms with E-state index in [-0.39, 0.29) is 11.6 Å². The van der Waals surface area contributed by atoms with Gasteiger partial charge in [0.05, 0.1) is 5.75 Å². The van der Waals surface area contributed by atoms with E-state index in [0.717, 1.165) is 75.5 Å². The fraction of sp³-hybridized carbons (Fsp3) is 0.762. The van der Waals surface area contributed by atoms with Crippen molar-refractivity contribution < 1.29 is 4.79 Å². The molecule has 0 radical (unpaired) electrons. The van der Waals surface area contributed by atoms with Gasteiger partial charge in [0.2, 0.25) is 5.91 Å². The van der Waals surface area contributed by atoms with Gasteiger partial charge >= 0.3 is 5.69 Å². The average molecular weight is 407 g/mol. The Balaban J connectivity index is 1.69. The molecule has 1 aliphatic heterocycles. The number of thioether (sulfide) groups is 1. The maximum atomic E-state index is 12.7. The molecular weight excluding hydrogens is 372 g/mol. The number of aromatic nitrogens is 2. The van der Waals surface area contributed by atoms with Gasteiger partial charge in [-0.05, 0) is 45.2 Å². The first-order chi connectivity index (χ1) is 13.6. The fourth-order valence-electron chi connectivity index (χ4n) is 4.26. The predicted molar refractivity (Wildman–Crippen MR) is 114 cm³/mol. The van der Waals surface area contributed by atoms with E-state index < -0.39 is 0 Å². The second kappa shape index (κ2) is 10.4. The zero-order valence-corrected chi connectivity index (χ0v) is 18.2. The second-order valence-electron chi connectivity index (χ2n) is 7.74. The molecule has 2 aliphatic rings. The van der Waals surface area contributed by atoms with Crippen LogP contribution in [0.3, 0.4) is 0 Å². The summed E-state index contributed by atoms with van der Waals surface area (Å²) in [5.41, 5.74) is 2.20. The summed E-state index contributed by atoms with van der Waals surface area (Å²) < 4.78 is 1.88. The Morgan fingerprint density at radius 1 is 1.07 bits per heavy atom. The van der Waals surface area contributed by atoms with Crippen LogP contribution in [0, 0.1) is 0 Å². The summed E-state index contributed by atoms with van der Waals surface area (Å²) in [4.78, 5) is 34.0. The molecule has 0 N–H and O–H groups in total. The largest absolute Gasteiger partial charge is 0.348 e. The van der Waals surface area contributed by atoms with Crippen LogP contribution in [0.25, 0.3) is 0 Å². The molecule has 0 bridgehead atoms. The Morgan fingerprint density at radius 2 is 1.79 bits per heavy atom. The molecule has 1 saturated heterocycles. The topological polar surface area (TPSA) is 58.4 Å². The zero-order valence-electron chi connectivity index (χ0n) is 17.4. The lowest BCUT2D eigenvalue weighted by Gasteiger charge is -2.21. The van der Waals surface area contributed by atoms with Crippen molar-refractivity contribution in [2.45, 2.75) is 70.4 Å². The third-order valence-electron chi connectivity index (χ3n) is 6.03. The highest BCUT2D eigenvalue weighted by molar-refractivity contribution is 7.99. The summed E-state index contributed by atoms with van der Waals surface area (Å²) in [5, 5.41) is 0.791. The molecule has 3 rings (SSSR count). The smallest absolute Gasteiger partial charge is 0.342 e. The highest BCUT2D eigenvalue weighted by Gasteiger charge is 2.23. The summed E-state index contributed by atoms with van der Waals surface area (Å²) in [6, 6.07) is 0. The van der Waals surface area contributed by atoms with Crippen LogP contribution in [-0.2, 0) is 24.2 Å². The van der Waals surface area contributed by atoms with Crippen LogP contribution < -0.4 is 5.69 Å². The molecule has 1 amide bonds. The van der Waals surface area contributed by atoms with E-state index in [4.69, 9.17) is 0 Å². The molecule has 1 aromatic rings. The maximum Gasteiger partial charge on any atom is 0.348 e. The highest BCUT2D eigenvalue weighted by atomic mass is 32.2. The van der Waals surface area contributed by atoms with Crippen LogP contribution >= 0.6 is 11.8 Å². The number of likely N-dealkylation sites (tertiary alicyclic amines) is 1. The van der Waals surface area contributed by atoms with Gasteiger partial charge in [-0.1, -0.05) is 38.5 Å². The van der Waals surface area contributed by atoms with Crippen molar-refractivity contribution in [2.24, 2.45) is 0 Å². The lowest BCUT2D eigenvalue weighted by Crippen LogP contribution is -2.34. The molecular formula is C21H34N4O2S. The van der Waals surface area contributed by atoms with Gasteiger partial charge in [0, 0.05) is 37.4 Å². The lowest BCUT2D eigenvalue weighted by atomic mass is 10.2. The number of hydrogen-bond acceptors (Lipinski definition) is 5. The van der Waals surface area contributed by atoms with E-state index in [1.54, 1.807) is 0 Å². The first-order valence-corrected chi connectivity index (χ1v) is 11.9. The van der Waals surface area contributed by atoms with Crippen molar-refractivity contribution in [1.82, 2.24) is 19.4 Å². The number of carbonyl (C=O) groups is 1. The SMILES string of the molecule is CCN(CC)CCn1c2c(c(SCC(=O)N3CCCCCC3)nc1=O)CCC2. The molecule has 6 nitrogen and oxygen atoms in total. The van der Waals surface area contributed by atoms with E-state index in [1.807, 2.05) is 9.47 Å². The van der Waals surface area contributed by atoms with E-state index in [2.05, 4.69) is 23.7 Å². The summed E-state index contributed by atoms with van der Waals surface area (Å²) >= 11 is 1.46. The first-order valence-electron chi connectivity index (χ1n) is 10.9. The summed E-state index contributed by atoms with van der Waals surface area (Å²) in [6.07, 6.45) is 7.63. The Labute approximate surface area is 172 Å². The van der Waals surface area contributed by atoms with E-state index in [1.165, 1.54) is 30.2 Å². The number of likely N-dealkylation sites (N-methyl/N-ethyl adjacent to an activating group) is 1.